The van der Waals surface area contributed by atoms with E-state index in [1.54, 1.807) is 12.5 Å². The van der Waals surface area contributed by atoms with Gasteiger partial charge in [0.25, 0.3) is 0 Å². The lowest BCUT2D eigenvalue weighted by molar-refractivity contribution is -0.121. The molecular formula is C22H24ClN3O2. The van der Waals surface area contributed by atoms with Gasteiger partial charge in [-0.2, -0.15) is 0 Å². The van der Waals surface area contributed by atoms with Gasteiger partial charge in [-0.1, -0.05) is 35.9 Å². The third-order valence-electron chi connectivity index (χ3n) is 4.38. The number of rotatable bonds is 9. The monoisotopic (exact) mass is 397 g/mol. The molecule has 1 aromatic heterocycles. The predicted molar refractivity (Wildman–Crippen MR) is 111 cm³/mol. The molecule has 0 saturated carbocycles. The number of hydrogen-bond acceptors (Lipinski definition) is 3. The summed E-state index contributed by atoms with van der Waals surface area (Å²) in [5.41, 5.74) is 3.26. The number of benzene rings is 2. The second kappa shape index (κ2) is 9.95. The molecule has 0 aliphatic heterocycles. The van der Waals surface area contributed by atoms with Crippen LogP contribution >= 0.6 is 11.6 Å². The number of aryl methyl sites for hydroxylation is 1. The van der Waals surface area contributed by atoms with Crippen LogP contribution in [0.4, 0.5) is 0 Å². The lowest BCUT2D eigenvalue weighted by Gasteiger charge is -2.09. The van der Waals surface area contributed by atoms with Crippen LogP contribution in [0.2, 0.25) is 5.02 Å². The molecule has 2 aromatic carbocycles. The Hall–Kier alpha value is -2.79. The third kappa shape index (κ3) is 6.13. The van der Waals surface area contributed by atoms with Crippen molar-refractivity contribution in [1.29, 1.82) is 0 Å². The van der Waals surface area contributed by atoms with Gasteiger partial charge in [-0.05, 0) is 48.2 Å². The van der Waals surface area contributed by atoms with Gasteiger partial charge in [-0.15, -0.1) is 0 Å². The van der Waals surface area contributed by atoms with Crippen LogP contribution < -0.4 is 10.1 Å². The van der Waals surface area contributed by atoms with E-state index >= 15 is 0 Å². The average molecular weight is 398 g/mol. The molecule has 0 aliphatic carbocycles. The van der Waals surface area contributed by atoms with Gasteiger partial charge in [0.05, 0.1) is 12.9 Å². The van der Waals surface area contributed by atoms with Crippen molar-refractivity contribution in [3.05, 3.63) is 82.9 Å². The first-order valence-corrected chi connectivity index (χ1v) is 9.67. The highest BCUT2D eigenvalue weighted by molar-refractivity contribution is 6.31. The summed E-state index contributed by atoms with van der Waals surface area (Å²) in [4.78, 5) is 16.1. The molecule has 1 N–H and O–H groups in total. The Balaban J connectivity index is 1.34. The zero-order valence-corrected chi connectivity index (χ0v) is 16.7. The summed E-state index contributed by atoms with van der Waals surface area (Å²) in [6, 6.07) is 13.8. The molecule has 0 spiro atoms. The molecule has 0 radical (unpaired) electrons. The molecular weight excluding hydrogens is 374 g/mol. The van der Waals surface area contributed by atoms with E-state index in [9.17, 15) is 4.79 Å². The standard InChI is InChI=1S/C22H24ClN3O2/c1-17-13-20(8-9-21(17)23)28-12-2-3-22(27)25-14-18-4-6-19(7-5-18)15-26-11-10-24-16-26/h4-11,13,16H,2-3,12,14-15H2,1H3,(H,25,27). The van der Waals surface area contributed by atoms with Crippen molar-refractivity contribution in [2.75, 3.05) is 6.61 Å². The Kier molecular flexibility index (Phi) is 7.09. The van der Waals surface area contributed by atoms with Gasteiger partial charge in [-0.25, -0.2) is 4.98 Å². The molecule has 146 valence electrons. The topological polar surface area (TPSA) is 56.1 Å². The van der Waals surface area contributed by atoms with Crippen LogP contribution in [0.15, 0.2) is 61.2 Å². The summed E-state index contributed by atoms with van der Waals surface area (Å²) in [6.07, 6.45) is 6.60. The zero-order valence-electron chi connectivity index (χ0n) is 15.9. The highest BCUT2D eigenvalue weighted by Gasteiger charge is 2.03. The molecule has 5 nitrogen and oxygen atoms in total. The van der Waals surface area contributed by atoms with Crippen LogP contribution in [0, 0.1) is 6.92 Å². The van der Waals surface area contributed by atoms with E-state index in [0.29, 0.717) is 26.0 Å². The van der Waals surface area contributed by atoms with Crippen LogP contribution in [0.5, 0.6) is 5.75 Å². The molecule has 6 heteroatoms. The van der Waals surface area contributed by atoms with Gasteiger partial charge in [-0.3, -0.25) is 4.79 Å². The van der Waals surface area contributed by atoms with Crippen LogP contribution in [0.1, 0.15) is 29.5 Å². The quantitative estimate of drug-likeness (QED) is 0.545. The maximum atomic E-state index is 12.0. The normalized spacial score (nSPS) is 10.6. The molecule has 28 heavy (non-hydrogen) atoms. The number of nitrogens with zero attached hydrogens (tertiary/aromatic N) is 2. The molecule has 0 unspecified atom stereocenters. The van der Waals surface area contributed by atoms with Gasteiger partial charge in [0.1, 0.15) is 5.75 Å². The second-order valence-electron chi connectivity index (χ2n) is 6.69. The molecule has 3 aromatic rings. The van der Waals surface area contributed by atoms with Gasteiger partial charge in [0, 0.05) is 36.9 Å². The van der Waals surface area contributed by atoms with Gasteiger partial charge in [0.15, 0.2) is 0 Å². The van der Waals surface area contributed by atoms with Crippen molar-refractivity contribution in [3.63, 3.8) is 0 Å². The highest BCUT2D eigenvalue weighted by Crippen LogP contribution is 2.21. The largest absolute Gasteiger partial charge is 0.494 e. The fourth-order valence-corrected chi connectivity index (χ4v) is 2.89. The van der Waals surface area contributed by atoms with Crippen LogP contribution in [0.3, 0.4) is 0 Å². The molecule has 0 aliphatic rings. The van der Waals surface area contributed by atoms with E-state index in [2.05, 4.69) is 22.4 Å². The van der Waals surface area contributed by atoms with Crippen molar-refractivity contribution in [2.24, 2.45) is 0 Å². The summed E-state index contributed by atoms with van der Waals surface area (Å²) in [5, 5.41) is 3.68. The van der Waals surface area contributed by atoms with Gasteiger partial charge in [0.2, 0.25) is 5.91 Å². The molecule has 1 amide bonds. The third-order valence-corrected chi connectivity index (χ3v) is 4.81. The number of aromatic nitrogens is 2. The fourth-order valence-electron chi connectivity index (χ4n) is 2.77. The summed E-state index contributed by atoms with van der Waals surface area (Å²) in [5.74, 6) is 0.802. The number of imidazole rings is 1. The summed E-state index contributed by atoms with van der Waals surface area (Å²) in [7, 11) is 0. The van der Waals surface area contributed by atoms with Crippen molar-refractivity contribution in [1.82, 2.24) is 14.9 Å². The number of ether oxygens (including phenoxy) is 1. The molecule has 3 rings (SSSR count). The van der Waals surface area contributed by atoms with E-state index in [1.165, 1.54) is 5.56 Å². The Morgan fingerprint density at radius 1 is 1.18 bits per heavy atom. The summed E-state index contributed by atoms with van der Waals surface area (Å²) < 4.78 is 7.68. The first-order chi connectivity index (χ1) is 13.6. The summed E-state index contributed by atoms with van der Waals surface area (Å²) >= 11 is 6.00. The first-order valence-electron chi connectivity index (χ1n) is 9.29. The van der Waals surface area contributed by atoms with Crippen LogP contribution in [0.25, 0.3) is 0 Å². The predicted octanol–water partition coefficient (Wildman–Crippen LogP) is 4.37. The molecule has 0 saturated heterocycles. The Labute approximate surface area is 170 Å². The van der Waals surface area contributed by atoms with Crippen LogP contribution in [-0.4, -0.2) is 22.1 Å². The van der Waals surface area contributed by atoms with E-state index < -0.39 is 0 Å². The lowest BCUT2D eigenvalue weighted by Crippen LogP contribution is -2.23. The van der Waals surface area contributed by atoms with Crippen molar-refractivity contribution in [2.45, 2.75) is 32.9 Å². The van der Waals surface area contributed by atoms with Crippen molar-refractivity contribution >= 4 is 17.5 Å². The Morgan fingerprint density at radius 2 is 1.96 bits per heavy atom. The van der Waals surface area contributed by atoms with Gasteiger partial charge >= 0.3 is 0 Å². The van der Waals surface area contributed by atoms with E-state index in [-0.39, 0.29) is 5.91 Å². The maximum absolute atomic E-state index is 12.0. The number of amides is 1. The minimum Gasteiger partial charge on any atom is -0.494 e. The second-order valence-corrected chi connectivity index (χ2v) is 7.10. The van der Waals surface area contributed by atoms with Crippen LogP contribution in [-0.2, 0) is 17.9 Å². The maximum Gasteiger partial charge on any atom is 0.220 e. The molecule has 0 atom stereocenters. The highest BCUT2D eigenvalue weighted by atomic mass is 35.5. The molecule has 0 bridgehead atoms. The van der Waals surface area contributed by atoms with Gasteiger partial charge < -0.3 is 14.6 Å². The number of halogens is 1. The van der Waals surface area contributed by atoms with Crippen molar-refractivity contribution < 1.29 is 9.53 Å². The molecule has 1 heterocycles. The Morgan fingerprint density at radius 3 is 2.68 bits per heavy atom. The zero-order chi connectivity index (χ0) is 19.8. The minimum atomic E-state index is 0.0263. The Bertz CT molecular complexity index is 893. The summed E-state index contributed by atoms with van der Waals surface area (Å²) in [6.45, 7) is 3.76. The number of carbonyl (C=O) groups excluding carboxylic acids is 1. The van der Waals surface area contributed by atoms with E-state index in [1.807, 2.05) is 48.0 Å². The van der Waals surface area contributed by atoms with Crippen molar-refractivity contribution in [3.8, 4) is 5.75 Å². The number of hydrogen-bond donors (Lipinski definition) is 1. The minimum absolute atomic E-state index is 0.0263. The SMILES string of the molecule is Cc1cc(OCCCC(=O)NCc2ccc(Cn3ccnc3)cc2)ccc1Cl. The lowest BCUT2D eigenvalue weighted by atomic mass is 10.1. The average Bonchev–Trinajstić information content (AvgIpc) is 3.20. The van der Waals surface area contributed by atoms with E-state index in [4.69, 9.17) is 16.3 Å². The fraction of sp³-hybridized carbons (Fsp3) is 0.273. The van der Waals surface area contributed by atoms with E-state index in [0.717, 1.165) is 28.4 Å². The molecule has 0 fully saturated rings. The number of carbonyl (C=O) groups is 1. The smallest absolute Gasteiger partial charge is 0.220 e. The number of nitrogens with one attached hydrogen (secondary N) is 1. The first kappa shape index (κ1) is 20.0.